The van der Waals surface area contributed by atoms with Gasteiger partial charge in [-0.2, -0.15) is 0 Å². The molecule has 0 aromatic heterocycles. The predicted octanol–water partition coefficient (Wildman–Crippen LogP) is 1.56. The Hall–Kier alpha value is -3.75. The molecule has 0 aliphatic carbocycles. The van der Waals surface area contributed by atoms with Gasteiger partial charge in [0.25, 0.3) is 11.8 Å². The van der Waals surface area contributed by atoms with Gasteiger partial charge in [-0.15, -0.1) is 0 Å². The lowest BCUT2D eigenvalue weighted by Gasteiger charge is -2.20. The minimum Gasteiger partial charge on any atom is -0.493 e. The Balaban J connectivity index is 1.93. The Morgan fingerprint density at radius 2 is 1.67 bits per heavy atom. The van der Waals surface area contributed by atoms with Crippen LogP contribution in [0.3, 0.4) is 0 Å². The maximum Gasteiger partial charge on any atom is 0.337 e. The molecule has 0 spiro atoms. The van der Waals surface area contributed by atoms with E-state index in [4.69, 9.17) is 24.7 Å². The van der Waals surface area contributed by atoms with Gasteiger partial charge in [-0.25, -0.2) is 4.79 Å². The zero-order valence-electron chi connectivity index (χ0n) is 16.9. The second-order valence-electron chi connectivity index (χ2n) is 6.51. The summed E-state index contributed by atoms with van der Waals surface area (Å²) >= 11 is 0. The molecule has 0 fully saturated rings. The molecule has 2 aromatic rings. The molecule has 0 saturated heterocycles. The number of nitrogens with two attached hydrogens (primary N) is 1. The molecule has 1 aliphatic rings. The molecule has 0 unspecified atom stereocenters. The van der Waals surface area contributed by atoms with Gasteiger partial charge in [0, 0.05) is 17.8 Å². The van der Waals surface area contributed by atoms with Crippen molar-refractivity contribution in [2.45, 2.75) is 6.42 Å². The third kappa shape index (κ3) is 4.00. The van der Waals surface area contributed by atoms with E-state index in [1.807, 2.05) is 0 Å². The van der Waals surface area contributed by atoms with Gasteiger partial charge in [-0.05, 0) is 42.3 Å². The van der Waals surface area contributed by atoms with Gasteiger partial charge >= 0.3 is 5.97 Å². The third-order valence-electron chi connectivity index (χ3n) is 4.71. The summed E-state index contributed by atoms with van der Waals surface area (Å²) in [5.41, 5.74) is 7.49. The molecule has 0 bridgehead atoms. The van der Waals surface area contributed by atoms with Crippen LogP contribution in [0.2, 0.25) is 0 Å². The summed E-state index contributed by atoms with van der Waals surface area (Å²) in [4.78, 5) is 37.6. The van der Waals surface area contributed by atoms with Crippen molar-refractivity contribution in [2.75, 3.05) is 39.4 Å². The molecular weight excluding hydrogens is 392 g/mol. The first-order valence-corrected chi connectivity index (χ1v) is 9.09. The summed E-state index contributed by atoms with van der Waals surface area (Å²) in [6, 6.07) is 8.11. The van der Waals surface area contributed by atoms with Gasteiger partial charge in [0.2, 0.25) is 5.75 Å². The number of methoxy groups -OCH3 is 3. The fourth-order valence-corrected chi connectivity index (χ4v) is 3.30. The number of anilines is 1. The normalized spacial score (nSPS) is 12.2. The number of primary amides is 1. The Labute approximate surface area is 173 Å². The molecule has 0 saturated carbocycles. The van der Waals surface area contributed by atoms with E-state index in [1.54, 1.807) is 23.1 Å². The van der Waals surface area contributed by atoms with Crippen LogP contribution >= 0.6 is 0 Å². The number of ether oxygens (including phenoxy) is 4. The van der Waals surface area contributed by atoms with E-state index >= 15 is 0 Å². The number of hydrogen-bond acceptors (Lipinski definition) is 7. The third-order valence-corrected chi connectivity index (χ3v) is 4.71. The lowest BCUT2D eigenvalue weighted by atomic mass is 10.1. The first kappa shape index (κ1) is 21.0. The average molecular weight is 414 g/mol. The van der Waals surface area contributed by atoms with E-state index in [0.29, 0.717) is 24.1 Å². The second-order valence-corrected chi connectivity index (χ2v) is 6.51. The number of amides is 2. The molecule has 3 rings (SSSR count). The van der Waals surface area contributed by atoms with Crippen LogP contribution in [0.15, 0.2) is 30.3 Å². The molecule has 9 heteroatoms. The maximum atomic E-state index is 13.2. The van der Waals surface area contributed by atoms with Crippen LogP contribution in [0.5, 0.6) is 17.2 Å². The monoisotopic (exact) mass is 414 g/mol. The summed E-state index contributed by atoms with van der Waals surface area (Å²) in [5, 5.41) is 0. The van der Waals surface area contributed by atoms with Crippen molar-refractivity contribution < 1.29 is 33.3 Å². The SMILES string of the molecule is COC(=O)c1ccc2c(c1)CCN2C(=O)c1cc(OC)c(OCC(N)=O)c(OC)c1. The number of benzene rings is 2. The average Bonchev–Trinajstić information content (AvgIpc) is 3.18. The first-order valence-electron chi connectivity index (χ1n) is 9.09. The molecule has 1 aliphatic heterocycles. The standard InChI is InChI=1S/C21H22N2O7/c1-27-16-9-14(10-17(28-2)19(16)30-11-18(22)24)20(25)23-7-6-12-8-13(21(26)29-3)4-5-15(12)23/h4-5,8-10H,6-7,11H2,1-3H3,(H2,22,24). The van der Waals surface area contributed by atoms with Gasteiger partial charge in [-0.1, -0.05) is 0 Å². The molecule has 2 N–H and O–H groups in total. The molecule has 2 aromatic carbocycles. The fraction of sp³-hybridized carbons (Fsp3) is 0.286. The zero-order chi connectivity index (χ0) is 21.8. The minimum absolute atomic E-state index is 0.180. The van der Waals surface area contributed by atoms with E-state index in [9.17, 15) is 14.4 Å². The van der Waals surface area contributed by atoms with E-state index in [0.717, 1.165) is 11.3 Å². The fourth-order valence-electron chi connectivity index (χ4n) is 3.30. The van der Waals surface area contributed by atoms with Gasteiger partial charge in [0.05, 0.1) is 26.9 Å². The molecule has 9 nitrogen and oxygen atoms in total. The number of nitrogens with zero attached hydrogens (tertiary/aromatic N) is 1. The van der Waals surface area contributed by atoms with E-state index < -0.39 is 11.9 Å². The topological polar surface area (TPSA) is 117 Å². The molecule has 0 radical (unpaired) electrons. The summed E-state index contributed by atoms with van der Waals surface area (Å²) in [5.74, 6) is -0.695. The smallest absolute Gasteiger partial charge is 0.337 e. The summed E-state index contributed by atoms with van der Waals surface area (Å²) < 4.78 is 20.8. The van der Waals surface area contributed by atoms with Crippen molar-refractivity contribution in [3.63, 3.8) is 0 Å². The quantitative estimate of drug-likeness (QED) is 0.683. The van der Waals surface area contributed by atoms with Crippen molar-refractivity contribution in [1.82, 2.24) is 0 Å². The zero-order valence-corrected chi connectivity index (χ0v) is 16.9. The molecule has 30 heavy (non-hydrogen) atoms. The van der Waals surface area contributed by atoms with Gasteiger partial charge < -0.3 is 29.6 Å². The van der Waals surface area contributed by atoms with Gasteiger partial charge in [-0.3, -0.25) is 9.59 Å². The predicted molar refractivity (Wildman–Crippen MR) is 107 cm³/mol. The molecule has 1 heterocycles. The van der Waals surface area contributed by atoms with E-state index in [-0.39, 0.29) is 29.8 Å². The number of esters is 1. The largest absolute Gasteiger partial charge is 0.493 e. The van der Waals surface area contributed by atoms with Crippen molar-refractivity contribution in [3.8, 4) is 17.2 Å². The highest BCUT2D eigenvalue weighted by molar-refractivity contribution is 6.08. The number of carbonyl (C=O) groups excluding carboxylic acids is 3. The highest BCUT2D eigenvalue weighted by Gasteiger charge is 2.28. The number of carbonyl (C=O) groups is 3. The Kier molecular flexibility index (Phi) is 6.10. The lowest BCUT2D eigenvalue weighted by Crippen LogP contribution is -2.29. The van der Waals surface area contributed by atoms with E-state index in [1.165, 1.54) is 33.5 Å². The van der Waals surface area contributed by atoms with Gasteiger partial charge in [0.15, 0.2) is 18.1 Å². The number of fused-ring (bicyclic) bond motifs is 1. The van der Waals surface area contributed by atoms with Crippen molar-refractivity contribution in [2.24, 2.45) is 5.73 Å². The first-order chi connectivity index (χ1) is 14.4. The minimum atomic E-state index is -0.653. The molecule has 158 valence electrons. The van der Waals surface area contributed by atoms with Crippen LogP contribution in [-0.4, -0.2) is 52.3 Å². The molecular formula is C21H22N2O7. The molecule has 0 atom stereocenters. The van der Waals surface area contributed by atoms with Crippen molar-refractivity contribution in [3.05, 3.63) is 47.0 Å². The van der Waals surface area contributed by atoms with Crippen LogP contribution < -0.4 is 24.8 Å². The van der Waals surface area contributed by atoms with Crippen LogP contribution in [0.25, 0.3) is 0 Å². The second kappa shape index (κ2) is 8.73. The summed E-state index contributed by atoms with van der Waals surface area (Å²) in [6.45, 7) is 0.103. The highest BCUT2D eigenvalue weighted by Crippen LogP contribution is 2.40. The molecule has 2 amide bonds. The van der Waals surface area contributed by atoms with Gasteiger partial charge in [0.1, 0.15) is 0 Å². The van der Waals surface area contributed by atoms with Crippen molar-refractivity contribution in [1.29, 1.82) is 0 Å². The summed E-state index contributed by atoms with van der Waals surface area (Å²) in [7, 11) is 4.16. The Morgan fingerprint density at radius 3 is 2.23 bits per heavy atom. The summed E-state index contributed by atoms with van der Waals surface area (Å²) in [6.07, 6.45) is 0.611. The van der Waals surface area contributed by atoms with Crippen LogP contribution in [0.4, 0.5) is 5.69 Å². The number of hydrogen-bond donors (Lipinski definition) is 1. The van der Waals surface area contributed by atoms with E-state index in [2.05, 4.69) is 0 Å². The van der Waals surface area contributed by atoms with Crippen LogP contribution in [-0.2, 0) is 16.0 Å². The number of rotatable bonds is 7. The highest BCUT2D eigenvalue weighted by atomic mass is 16.5. The Bertz CT molecular complexity index is 978. The Morgan fingerprint density at radius 1 is 1.00 bits per heavy atom. The van der Waals surface area contributed by atoms with Crippen LogP contribution in [0.1, 0.15) is 26.3 Å². The van der Waals surface area contributed by atoms with Crippen LogP contribution in [0, 0.1) is 0 Å². The maximum absolute atomic E-state index is 13.2. The van der Waals surface area contributed by atoms with Crippen molar-refractivity contribution >= 4 is 23.5 Å². The lowest BCUT2D eigenvalue weighted by molar-refractivity contribution is -0.120.